The lowest BCUT2D eigenvalue weighted by atomic mass is 10.4. The van der Waals surface area contributed by atoms with Crippen molar-refractivity contribution in [1.29, 1.82) is 5.26 Å². The van der Waals surface area contributed by atoms with Gasteiger partial charge < -0.3 is 9.47 Å². The third-order valence-corrected chi connectivity index (χ3v) is 3.09. The summed E-state index contributed by atoms with van der Waals surface area (Å²) in [4.78, 5) is 6.32. The number of nitrogens with zero attached hydrogens (tertiary/aromatic N) is 4. The maximum absolute atomic E-state index is 9.15. The Labute approximate surface area is 102 Å². The topological polar surface area (TPSA) is 52.0 Å². The van der Waals surface area contributed by atoms with E-state index in [1.54, 1.807) is 4.90 Å². The molecule has 0 bridgehead atoms. The van der Waals surface area contributed by atoms with Crippen molar-refractivity contribution in [1.82, 2.24) is 14.7 Å². The molecule has 2 rings (SSSR count). The van der Waals surface area contributed by atoms with Crippen LogP contribution in [0.15, 0.2) is 0 Å². The minimum Gasteiger partial charge on any atom is -0.379 e. The van der Waals surface area contributed by atoms with Crippen molar-refractivity contribution in [2.24, 2.45) is 0 Å². The molecule has 0 spiro atoms. The van der Waals surface area contributed by atoms with Gasteiger partial charge in [0.15, 0.2) is 6.19 Å². The largest absolute Gasteiger partial charge is 0.379 e. The van der Waals surface area contributed by atoms with E-state index in [-0.39, 0.29) is 0 Å². The minimum atomic E-state index is 0.706. The normalized spacial score (nSPS) is 23.2. The van der Waals surface area contributed by atoms with E-state index in [1.165, 1.54) is 0 Å². The van der Waals surface area contributed by atoms with E-state index in [0.717, 1.165) is 52.6 Å². The lowest BCUT2D eigenvalue weighted by Crippen LogP contribution is -2.48. The predicted octanol–water partition coefficient (Wildman–Crippen LogP) is -0.651. The zero-order chi connectivity index (χ0) is 11.9. The summed E-state index contributed by atoms with van der Waals surface area (Å²) < 4.78 is 10.6. The second-order valence-electron chi connectivity index (χ2n) is 4.38. The van der Waals surface area contributed by atoms with Crippen LogP contribution in [-0.2, 0) is 9.47 Å². The Balaban J connectivity index is 1.73. The summed E-state index contributed by atoms with van der Waals surface area (Å²) in [5.74, 6) is 0. The van der Waals surface area contributed by atoms with Crippen molar-refractivity contribution < 1.29 is 9.47 Å². The highest BCUT2D eigenvalue weighted by Gasteiger charge is 2.17. The van der Waals surface area contributed by atoms with E-state index < -0.39 is 0 Å². The van der Waals surface area contributed by atoms with Gasteiger partial charge in [-0.15, -0.1) is 0 Å². The molecule has 0 atom stereocenters. The van der Waals surface area contributed by atoms with Crippen LogP contribution in [0.25, 0.3) is 0 Å². The number of ether oxygens (including phenoxy) is 2. The Hall–Kier alpha value is -0.870. The third kappa shape index (κ3) is 4.13. The van der Waals surface area contributed by atoms with Crippen molar-refractivity contribution in [2.75, 3.05) is 65.9 Å². The highest BCUT2D eigenvalue weighted by molar-refractivity contribution is 4.76. The van der Waals surface area contributed by atoms with Gasteiger partial charge in [0, 0.05) is 26.2 Å². The van der Waals surface area contributed by atoms with Crippen LogP contribution in [0.3, 0.4) is 0 Å². The van der Waals surface area contributed by atoms with Crippen LogP contribution in [0.2, 0.25) is 0 Å². The second-order valence-corrected chi connectivity index (χ2v) is 4.38. The van der Waals surface area contributed by atoms with Crippen molar-refractivity contribution in [3.63, 3.8) is 0 Å². The molecule has 0 aromatic carbocycles. The molecule has 0 N–H and O–H groups in total. The van der Waals surface area contributed by atoms with Crippen molar-refractivity contribution in [2.45, 2.75) is 0 Å². The molecule has 2 fully saturated rings. The van der Waals surface area contributed by atoms with E-state index in [4.69, 9.17) is 14.7 Å². The summed E-state index contributed by atoms with van der Waals surface area (Å²) in [5.41, 5.74) is 0. The van der Waals surface area contributed by atoms with E-state index in [0.29, 0.717) is 13.3 Å². The van der Waals surface area contributed by atoms with Crippen LogP contribution < -0.4 is 0 Å². The van der Waals surface area contributed by atoms with E-state index in [1.807, 2.05) is 0 Å². The standard InChI is InChI=1S/C11H20N4O2/c12-9-15(10-13-1-5-16-6-2-13)11-14-3-7-17-8-4-14/h1-8,10-11H2. The SMILES string of the molecule is N#CN(CN1CCOCC1)CN1CCOCC1. The molecule has 17 heavy (non-hydrogen) atoms. The summed E-state index contributed by atoms with van der Waals surface area (Å²) in [5, 5.41) is 9.15. The molecule has 6 heteroatoms. The molecule has 0 saturated carbocycles. The molecule has 2 saturated heterocycles. The fourth-order valence-corrected chi connectivity index (χ4v) is 2.08. The molecule has 96 valence electrons. The smallest absolute Gasteiger partial charge is 0.181 e. The maximum atomic E-state index is 9.15. The Morgan fingerprint density at radius 1 is 0.882 bits per heavy atom. The molecule has 0 amide bonds. The molecule has 0 aliphatic carbocycles. The summed E-state index contributed by atoms with van der Waals surface area (Å²) in [6.07, 6.45) is 2.27. The Morgan fingerprint density at radius 2 is 1.29 bits per heavy atom. The van der Waals surface area contributed by atoms with Gasteiger partial charge in [-0.1, -0.05) is 0 Å². The molecule has 2 heterocycles. The van der Waals surface area contributed by atoms with Crippen LogP contribution >= 0.6 is 0 Å². The predicted molar refractivity (Wildman–Crippen MR) is 62.0 cm³/mol. The molecule has 2 aliphatic rings. The first-order valence-electron chi connectivity index (χ1n) is 6.13. The maximum Gasteiger partial charge on any atom is 0.181 e. The van der Waals surface area contributed by atoms with Crippen molar-refractivity contribution in [3.05, 3.63) is 0 Å². The van der Waals surface area contributed by atoms with Crippen molar-refractivity contribution >= 4 is 0 Å². The number of hydrogen-bond donors (Lipinski definition) is 0. The average Bonchev–Trinajstić information content (AvgIpc) is 2.40. The fraction of sp³-hybridized carbons (Fsp3) is 0.909. The zero-order valence-electron chi connectivity index (χ0n) is 10.2. The van der Waals surface area contributed by atoms with Gasteiger partial charge in [-0.25, -0.2) is 0 Å². The first-order chi connectivity index (χ1) is 8.38. The Morgan fingerprint density at radius 3 is 1.65 bits per heavy atom. The van der Waals surface area contributed by atoms with Gasteiger partial charge in [-0.05, 0) is 0 Å². The van der Waals surface area contributed by atoms with Crippen LogP contribution in [0.4, 0.5) is 0 Å². The monoisotopic (exact) mass is 240 g/mol. The van der Waals surface area contributed by atoms with E-state index in [9.17, 15) is 0 Å². The van der Waals surface area contributed by atoms with Gasteiger partial charge in [0.05, 0.1) is 39.8 Å². The van der Waals surface area contributed by atoms with E-state index >= 15 is 0 Å². The first kappa shape index (κ1) is 12.6. The Kier molecular flexibility index (Phi) is 5.01. The van der Waals surface area contributed by atoms with Gasteiger partial charge in [0.1, 0.15) is 0 Å². The molecular formula is C11H20N4O2. The zero-order valence-corrected chi connectivity index (χ0v) is 10.2. The quantitative estimate of drug-likeness (QED) is 0.481. The molecule has 0 unspecified atom stereocenters. The van der Waals surface area contributed by atoms with E-state index in [2.05, 4.69) is 16.0 Å². The third-order valence-electron chi connectivity index (χ3n) is 3.09. The summed E-state index contributed by atoms with van der Waals surface area (Å²) >= 11 is 0. The molecular weight excluding hydrogens is 220 g/mol. The Bertz CT molecular complexity index is 237. The van der Waals surface area contributed by atoms with Crippen LogP contribution in [0, 0.1) is 11.5 Å². The first-order valence-corrected chi connectivity index (χ1v) is 6.13. The van der Waals surface area contributed by atoms with Crippen LogP contribution in [0.1, 0.15) is 0 Å². The summed E-state index contributed by atoms with van der Waals surface area (Å²) in [6, 6.07) is 0. The van der Waals surface area contributed by atoms with Gasteiger partial charge >= 0.3 is 0 Å². The van der Waals surface area contributed by atoms with Gasteiger partial charge in [0.2, 0.25) is 0 Å². The van der Waals surface area contributed by atoms with Gasteiger partial charge in [-0.3, -0.25) is 14.7 Å². The molecule has 0 aromatic heterocycles. The summed E-state index contributed by atoms with van der Waals surface area (Å²) in [6.45, 7) is 8.18. The molecule has 0 aromatic rings. The average molecular weight is 240 g/mol. The highest BCUT2D eigenvalue weighted by atomic mass is 16.5. The van der Waals surface area contributed by atoms with Crippen LogP contribution in [0.5, 0.6) is 0 Å². The minimum absolute atomic E-state index is 0.706. The highest BCUT2D eigenvalue weighted by Crippen LogP contribution is 2.02. The lowest BCUT2D eigenvalue weighted by molar-refractivity contribution is -0.00870. The molecule has 2 aliphatic heterocycles. The lowest BCUT2D eigenvalue weighted by Gasteiger charge is -2.34. The number of morpholine rings is 2. The summed E-state index contributed by atoms with van der Waals surface area (Å²) in [7, 11) is 0. The van der Waals surface area contributed by atoms with Crippen LogP contribution in [-0.4, -0.2) is 80.6 Å². The number of nitriles is 1. The van der Waals surface area contributed by atoms with Crippen molar-refractivity contribution in [3.8, 4) is 6.19 Å². The number of hydrogen-bond acceptors (Lipinski definition) is 6. The second kappa shape index (κ2) is 6.77. The number of rotatable bonds is 4. The fourth-order valence-electron chi connectivity index (χ4n) is 2.08. The van der Waals surface area contributed by atoms with Gasteiger partial charge in [-0.2, -0.15) is 5.26 Å². The van der Waals surface area contributed by atoms with Gasteiger partial charge in [0.25, 0.3) is 0 Å². The molecule has 6 nitrogen and oxygen atoms in total. The molecule has 0 radical (unpaired) electrons.